The van der Waals surface area contributed by atoms with Crippen molar-refractivity contribution in [3.8, 4) is 0 Å². The number of oxime groups is 1. The van der Waals surface area contributed by atoms with Crippen LogP contribution in [0.25, 0.3) is 0 Å². The second kappa shape index (κ2) is 5.69. The number of anilines is 1. The molecule has 1 aliphatic carbocycles. The number of fused-ring (bicyclic) bond motifs is 1. The average Bonchev–Trinajstić information content (AvgIpc) is 2.53. The van der Waals surface area contributed by atoms with Crippen molar-refractivity contribution in [3.05, 3.63) is 24.0 Å². The number of hydrogen-bond donors (Lipinski definition) is 2. The summed E-state index contributed by atoms with van der Waals surface area (Å²) >= 11 is 0. The molecule has 0 radical (unpaired) electrons. The monoisotopic (exact) mass is 274 g/mol. The molecule has 2 atom stereocenters. The van der Waals surface area contributed by atoms with Gasteiger partial charge in [0.05, 0.1) is 11.9 Å². The summed E-state index contributed by atoms with van der Waals surface area (Å²) in [5, 5.41) is 12.1. The fourth-order valence-corrected chi connectivity index (χ4v) is 3.73. The number of nitrogens with two attached hydrogens (primary N) is 1. The number of rotatable bonds is 2. The second-order valence-electron chi connectivity index (χ2n) is 5.92. The summed E-state index contributed by atoms with van der Waals surface area (Å²) in [5.74, 6) is 1.84. The van der Waals surface area contributed by atoms with Gasteiger partial charge >= 0.3 is 0 Å². The Hall–Kier alpha value is -1.78. The third-order valence-electron chi connectivity index (χ3n) is 4.82. The predicted molar refractivity (Wildman–Crippen MR) is 79.0 cm³/mol. The summed E-state index contributed by atoms with van der Waals surface area (Å²) in [6.07, 6.45) is 10.2. The molecule has 3 rings (SSSR count). The van der Waals surface area contributed by atoms with Gasteiger partial charge in [0.25, 0.3) is 0 Å². The Kier molecular flexibility index (Phi) is 3.76. The maximum absolute atomic E-state index is 8.92. The molecule has 0 spiro atoms. The molecule has 2 fully saturated rings. The van der Waals surface area contributed by atoms with Gasteiger partial charge in [0.1, 0.15) is 0 Å². The van der Waals surface area contributed by atoms with Crippen molar-refractivity contribution in [2.24, 2.45) is 22.7 Å². The van der Waals surface area contributed by atoms with Gasteiger partial charge in [-0.25, -0.2) is 0 Å². The van der Waals surface area contributed by atoms with Crippen molar-refractivity contribution in [3.63, 3.8) is 0 Å². The van der Waals surface area contributed by atoms with Crippen molar-refractivity contribution in [2.45, 2.75) is 32.1 Å². The molecule has 5 nitrogen and oxygen atoms in total. The topological polar surface area (TPSA) is 74.7 Å². The fraction of sp³-hybridized carbons (Fsp3) is 0.600. The SMILES string of the molecule is N/C(=N/O)c1ccncc1N1CCC2CCCCC2C1. The van der Waals surface area contributed by atoms with Crippen molar-refractivity contribution in [2.75, 3.05) is 18.0 Å². The molecule has 2 unspecified atom stereocenters. The van der Waals surface area contributed by atoms with Crippen LogP contribution < -0.4 is 10.6 Å². The first-order chi connectivity index (χ1) is 9.79. The Morgan fingerprint density at radius 2 is 2.10 bits per heavy atom. The molecule has 2 aliphatic rings. The van der Waals surface area contributed by atoms with E-state index in [2.05, 4.69) is 15.0 Å². The Morgan fingerprint density at radius 1 is 1.30 bits per heavy atom. The number of hydrogen-bond acceptors (Lipinski definition) is 4. The Bertz CT molecular complexity index is 502. The summed E-state index contributed by atoms with van der Waals surface area (Å²) in [7, 11) is 0. The quantitative estimate of drug-likeness (QED) is 0.375. The zero-order chi connectivity index (χ0) is 13.9. The summed E-state index contributed by atoms with van der Waals surface area (Å²) in [4.78, 5) is 6.56. The third-order valence-corrected chi connectivity index (χ3v) is 4.82. The molecular weight excluding hydrogens is 252 g/mol. The van der Waals surface area contributed by atoms with Crippen LogP contribution in [0.2, 0.25) is 0 Å². The van der Waals surface area contributed by atoms with E-state index in [0.29, 0.717) is 0 Å². The van der Waals surface area contributed by atoms with Crippen LogP contribution in [-0.2, 0) is 0 Å². The van der Waals surface area contributed by atoms with Gasteiger partial charge in [0, 0.05) is 24.8 Å². The lowest BCUT2D eigenvalue weighted by Gasteiger charge is -2.42. The normalized spacial score (nSPS) is 27.2. The van der Waals surface area contributed by atoms with E-state index >= 15 is 0 Å². The lowest BCUT2D eigenvalue weighted by Crippen LogP contribution is -2.42. The standard InChI is InChI=1S/C15H22N4O/c16-15(18-20)13-5-7-17-9-14(13)19-8-6-11-3-1-2-4-12(11)10-19/h5,7,9,11-12,20H,1-4,6,8,10H2,(H2,16,18). The molecule has 1 aromatic rings. The van der Waals surface area contributed by atoms with Gasteiger partial charge in [0.15, 0.2) is 5.84 Å². The maximum atomic E-state index is 8.92. The first-order valence-corrected chi connectivity index (χ1v) is 7.46. The summed E-state index contributed by atoms with van der Waals surface area (Å²) < 4.78 is 0. The molecule has 1 aliphatic heterocycles. The molecular formula is C15H22N4O. The molecule has 1 saturated heterocycles. The molecule has 1 aromatic heterocycles. The molecule has 0 bridgehead atoms. The van der Waals surface area contributed by atoms with E-state index in [9.17, 15) is 0 Å². The van der Waals surface area contributed by atoms with Gasteiger partial charge in [-0.05, 0) is 30.7 Å². The minimum Gasteiger partial charge on any atom is -0.409 e. The Labute approximate surface area is 119 Å². The van der Waals surface area contributed by atoms with Gasteiger partial charge in [-0.15, -0.1) is 0 Å². The van der Waals surface area contributed by atoms with Gasteiger partial charge in [-0.1, -0.05) is 24.4 Å². The lowest BCUT2D eigenvalue weighted by molar-refractivity contribution is 0.202. The van der Waals surface area contributed by atoms with Crippen molar-refractivity contribution in [1.29, 1.82) is 0 Å². The Balaban J connectivity index is 1.83. The van der Waals surface area contributed by atoms with Crippen LogP contribution in [0.4, 0.5) is 5.69 Å². The van der Waals surface area contributed by atoms with Crippen LogP contribution in [0.5, 0.6) is 0 Å². The largest absolute Gasteiger partial charge is 0.409 e. The molecule has 1 saturated carbocycles. The predicted octanol–water partition coefficient (Wildman–Crippen LogP) is 2.19. The van der Waals surface area contributed by atoms with Crippen LogP contribution in [-0.4, -0.2) is 29.1 Å². The van der Waals surface area contributed by atoms with E-state index < -0.39 is 0 Å². The van der Waals surface area contributed by atoms with Crippen LogP contribution in [0.1, 0.15) is 37.7 Å². The van der Waals surface area contributed by atoms with Gasteiger partial charge < -0.3 is 15.8 Å². The number of piperidine rings is 1. The number of amidine groups is 1. The van der Waals surface area contributed by atoms with E-state index in [1.54, 1.807) is 6.20 Å². The molecule has 0 amide bonds. The minimum atomic E-state index is 0.160. The smallest absolute Gasteiger partial charge is 0.172 e. The van der Waals surface area contributed by atoms with E-state index in [1.807, 2.05) is 12.3 Å². The molecule has 0 aromatic carbocycles. The van der Waals surface area contributed by atoms with E-state index in [1.165, 1.54) is 32.1 Å². The summed E-state index contributed by atoms with van der Waals surface area (Å²) in [5.41, 5.74) is 7.55. The molecule has 5 heteroatoms. The fourth-order valence-electron chi connectivity index (χ4n) is 3.73. The van der Waals surface area contributed by atoms with Crippen LogP contribution in [0, 0.1) is 11.8 Å². The molecule has 20 heavy (non-hydrogen) atoms. The highest BCUT2D eigenvalue weighted by atomic mass is 16.4. The minimum absolute atomic E-state index is 0.160. The zero-order valence-corrected chi connectivity index (χ0v) is 11.7. The number of aromatic nitrogens is 1. The van der Waals surface area contributed by atoms with Crippen LogP contribution >= 0.6 is 0 Å². The number of nitrogens with zero attached hydrogens (tertiary/aromatic N) is 3. The maximum Gasteiger partial charge on any atom is 0.172 e. The first kappa shape index (κ1) is 13.2. The highest BCUT2D eigenvalue weighted by molar-refractivity contribution is 6.02. The van der Waals surface area contributed by atoms with Gasteiger partial charge in [-0.3, -0.25) is 4.98 Å². The third kappa shape index (κ3) is 2.44. The molecule has 2 heterocycles. The average molecular weight is 274 g/mol. The molecule has 3 N–H and O–H groups in total. The van der Waals surface area contributed by atoms with Crippen LogP contribution in [0.3, 0.4) is 0 Å². The van der Waals surface area contributed by atoms with E-state index in [0.717, 1.165) is 36.2 Å². The van der Waals surface area contributed by atoms with Gasteiger partial charge in [0.2, 0.25) is 0 Å². The van der Waals surface area contributed by atoms with E-state index in [-0.39, 0.29) is 5.84 Å². The van der Waals surface area contributed by atoms with Crippen LogP contribution in [0.15, 0.2) is 23.6 Å². The van der Waals surface area contributed by atoms with Crippen molar-refractivity contribution >= 4 is 11.5 Å². The van der Waals surface area contributed by atoms with Gasteiger partial charge in [-0.2, -0.15) is 0 Å². The summed E-state index contributed by atoms with van der Waals surface area (Å²) in [6.45, 7) is 2.11. The highest BCUT2D eigenvalue weighted by Crippen LogP contribution is 2.37. The number of pyridine rings is 1. The van der Waals surface area contributed by atoms with E-state index in [4.69, 9.17) is 10.9 Å². The van der Waals surface area contributed by atoms with Crippen molar-refractivity contribution < 1.29 is 5.21 Å². The molecule has 108 valence electrons. The summed E-state index contributed by atoms with van der Waals surface area (Å²) in [6, 6.07) is 1.82. The Morgan fingerprint density at radius 3 is 2.90 bits per heavy atom. The van der Waals surface area contributed by atoms with Crippen molar-refractivity contribution in [1.82, 2.24) is 4.98 Å². The zero-order valence-electron chi connectivity index (χ0n) is 11.7. The highest BCUT2D eigenvalue weighted by Gasteiger charge is 2.32. The first-order valence-electron chi connectivity index (χ1n) is 7.46. The lowest BCUT2D eigenvalue weighted by atomic mass is 9.75. The second-order valence-corrected chi connectivity index (χ2v) is 5.92.